The first-order valence-electron chi connectivity index (χ1n) is 17.7. The smallest absolute Gasteiger partial charge is 0.143 e. The molecule has 0 fully saturated rings. The topological polar surface area (TPSA) is 36.1 Å². The van der Waals surface area contributed by atoms with Crippen molar-refractivity contribution in [2.45, 2.75) is 0 Å². The SMILES string of the molecule is c1ccc(-n2c3ccccc3c3cc4c5ccccc5n(-c5ccc6oc7c(-c8cccc9oc%10ccccc%10c89)cccc7c6c5)c4cc32)cc1. The lowest BCUT2D eigenvalue weighted by Crippen LogP contribution is -1.95. The fraction of sp³-hybridized carbons (Fsp3) is 0. The Balaban J connectivity index is 1.13. The van der Waals surface area contributed by atoms with Gasteiger partial charge >= 0.3 is 0 Å². The van der Waals surface area contributed by atoms with E-state index in [1.54, 1.807) is 0 Å². The van der Waals surface area contributed by atoms with Crippen molar-refractivity contribution in [3.8, 4) is 22.5 Å². The monoisotopic (exact) mass is 664 g/mol. The predicted octanol–water partition coefficient (Wildman–Crippen LogP) is 13.3. The molecule has 0 aliphatic rings. The average molecular weight is 665 g/mol. The van der Waals surface area contributed by atoms with Crippen LogP contribution >= 0.6 is 0 Å². The highest BCUT2D eigenvalue weighted by Crippen LogP contribution is 2.43. The lowest BCUT2D eigenvalue weighted by Gasteiger charge is -2.10. The average Bonchev–Trinajstić information content (AvgIpc) is 3.94. The number of benzene rings is 8. The van der Waals surface area contributed by atoms with Crippen LogP contribution in [0, 0.1) is 0 Å². The van der Waals surface area contributed by atoms with E-state index in [2.05, 4.69) is 161 Å². The summed E-state index contributed by atoms with van der Waals surface area (Å²) in [6, 6.07) is 60.5. The van der Waals surface area contributed by atoms with Crippen molar-refractivity contribution in [2.75, 3.05) is 0 Å². The minimum absolute atomic E-state index is 0.864. The summed E-state index contributed by atoms with van der Waals surface area (Å²) in [7, 11) is 0. The van der Waals surface area contributed by atoms with E-state index in [0.717, 1.165) is 66.4 Å². The second-order valence-corrected chi connectivity index (χ2v) is 13.7. The highest BCUT2D eigenvalue weighted by atomic mass is 16.3. The van der Waals surface area contributed by atoms with Crippen LogP contribution in [0.1, 0.15) is 0 Å². The first kappa shape index (κ1) is 27.7. The van der Waals surface area contributed by atoms with Gasteiger partial charge in [0.1, 0.15) is 22.3 Å². The Morgan fingerprint density at radius 1 is 0.308 bits per heavy atom. The van der Waals surface area contributed by atoms with Crippen LogP contribution in [0.5, 0.6) is 0 Å². The molecule has 52 heavy (non-hydrogen) atoms. The third-order valence-corrected chi connectivity index (χ3v) is 10.9. The first-order valence-corrected chi connectivity index (χ1v) is 17.7. The molecule has 12 aromatic rings. The molecule has 0 saturated heterocycles. The number of aromatic nitrogens is 2. The Labute approximate surface area is 296 Å². The summed E-state index contributed by atoms with van der Waals surface area (Å²) in [5.74, 6) is 0. The molecule has 0 unspecified atom stereocenters. The minimum atomic E-state index is 0.864. The van der Waals surface area contributed by atoms with Crippen molar-refractivity contribution in [2.24, 2.45) is 0 Å². The zero-order valence-corrected chi connectivity index (χ0v) is 27.9. The molecule has 0 aliphatic heterocycles. The van der Waals surface area contributed by atoms with Crippen molar-refractivity contribution in [3.05, 3.63) is 170 Å². The maximum atomic E-state index is 6.74. The second kappa shape index (κ2) is 10.3. The van der Waals surface area contributed by atoms with Gasteiger partial charge in [0.25, 0.3) is 0 Å². The van der Waals surface area contributed by atoms with E-state index >= 15 is 0 Å². The molecule has 4 aromatic heterocycles. The van der Waals surface area contributed by atoms with Gasteiger partial charge in [-0.3, -0.25) is 0 Å². The number of furan rings is 2. The summed E-state index contributed by atoms with van der Waals surface area (Å²) in [6.45, 7) is 0. The van der Waals surface area contributed by atoms with Gasteiger partial charge in [-0.25, -0.2) is 0 Å². The molecule has 4 nitrogen and oxygen atoms in total. The zero-order chi connectivity index (χ0) is 33.9. The van der Waals surface area contributed by atoms with Crippen molar-refractivity contribution in [1.29, 1.82) is 0 Å². The molecule has 4 heteroatoms. The molecule has 8 aromatic carbocycles. The number of hydrogen-bond acceptors (Lipinski definition) is 2. The maximum Gasteiger partial charge on any atom is 0.143 e. The van der Waals surface area contributed by atoms with Crippen LogP contribution in [0.2, 0.25) is 0 Å². The summed E-state index contributed by atoms with van der Waals surface area (Å²) >= 11 is 0. The summed E-state index contributed by atoms with van der Waals surface area (Å²) in [5, 5.41) is 9.36. The van der Waals surface area contributed by atoms with Crippen LogP contribution in [0.15, 0.2) is 179 Å². The molecule has 0 aliphatic carbocycles. The van der Waals surface area contributed by atoms with Crippen LogP contribution in [0.4, 0.5) is 0 Å². The largest absolute Gasteiger partial charge is 0.456 e. The van der Waals surface area contributed by atoms with Gasteiger partial charge in [0.2, 0.25) is 0 Å². The molecule has 0 amide bonds. The highest BCUT2D eigenvalue weighted by molar-refractivity contribution is 6.20. The standard InChI is InChI=1S/C48H28N2O2/c1-2-12-29(13-3-1)49-40-20-7-4-14-31(40)37-27-38-32-15-5-8-21-41(32)50(43(38)28-42(37)49)30-24-25-45-39(26-30)35-19-10-18-34(48(35)52-45)33-17-11-23-46-47(33)36-16-6-9-22-44(36)51-46/h1-28H. The molecule has 0 saturated carbocycles. The third-order valence-electron chi connectivity index (χ3n) is 10.9. The highest BCUT2D eigenvalue weighted by Gasteiger charge is 2.21. The van der Waals surface area contributed by atoms with Gasteiger partial charge in [-0.1, -0.05) is 103 Å². The van der Waals surface area contributed by atoms with Gasteiger partial charge in [-0.2, -0.15) is 0 Å². The molecule has 0 N–H and O–H groups in total. The van der Waals surface area contributed by atoms with E-state index in [4.69, 9.17) is 8.83 Å². The van der Waals surface area contributed by atoms with E-state index in [9.17, 15) is 0 Å². The molecule has 242 valence electrons. The van der Waals surface area contributed by atoms with E-state index in [1.165, 1.54) is 43.6 Å². The Morgan fingerprint density at radius 3 is 1.69 bits per heavy atom. The van der Waals surface area contributed by atoms with Crippen LogP contribution < -0.4 is 0 Å². The van der Waals surface area contributed by atoms with Gasteiger partial charge in [0, 0.05) is 60.0 Å². The molecular weight excluding hydrogens is 637 g/mol. The lowest BCUT2D eigenvalue weighted by molar-refractivity contribution is 0.668. The predicted molar refractivity (Wildman–Crippen MR) is 215 cm³/mol. The molecule has 0 radical (unpaired) electrons. The molecular formula is C48H28N2O2. The normalized spacial score (nSPS) is 12.2. The number of hydrogen-bond donors (Lipinski definition) is 0. The first-order chi connectivity index (χ1) is 25.8. The van der Waals surface area contributed by atoms with Crippen LogP contribution in [-0.4, -0.2) is 9.13 Å². The van der Waals surface area contributed by atoms with E-state index in [1.807, 2.05) is 18.2 Å². The Kier molecular flexibility index (Phi) is 5.47. The molecule has 12 rings (SSSR count). The summed E-state index contributed by atoms with van der Waals surface area (Å²) in [5.41, 5.74) is 12.6. The Bertz CT molecular complexity index is 3410. The molecule has 0 atom stereocenters. The minimum Gasteiger partial charge on any atom is -0.456 e. The van der Waals surface area contributed by atoms with Crippen LogP contribution in [0.25, 0.3) is 110 Å². The van der Waals surface area contributed by atoms with E-state index in [0.29, 0.717) is 0 Å². The van der Waals surface area contributed by atoms with Crippen molar-refractivity contribution >= 4 is 87.5 Å². The van der Waals surface area contributed by atoms with Gasteiger partial charge in [0.05, 0.1) is 22.1 Å². The number of nitrogens with zero attached hydrogens (tertiary/aromatic N) is 2. The molecule has 0 spiro atoms. The van der Waals surface area contributed by atoms with E-state index in [-0.39, 0.29) is 0 Å². The van der Waals surface area contributed by atoms with Crippen LogP contribution in [-0.2, 0) is 0 Å². The summed E-state index contributed by atoms with van der Waals surface area (Å²) in [4.78, 5) is 0. The quantitative estimate of drug-likeness (QED) is 0.188. The number of fused-ring (bicyclic) bond motifs is 12. The van der Waals surface area contributed by atoms with Gasteiger partial charge < -0.3 is 18.0 Å². The fourth-order valence-electron chi connectivity index (χ4n) is 8.70. The molecule has 4 heterocycles. The summed E-state index contributed by atoms with van der Waals surface area (Å²) < 4.78 is 17.8. The van der Waals surface area contributed by atoms with Crippen LogP contribution in [0.3, 0.4) is 0 Å². The fourth-order valence-corrected chi connectivity index (χ4v) is 8.70. The lowest BCUT2D eigenvalue weighted by atomic mass is 9.97. The number of para-hydroxylation sites is 5. The van der Waals surface area contributed by atoms with E-state index < -0.39 is 0 Å². The number of rotatable bonds is 3. The summed E-state index contributed by atoms with van der Waals surface area (Å²) in [6.07, 6.45) is 0. The zero-order valence-electron chi connectivity index (χ0n) is 27.9. The van der Waals surface area contributed by atoms with Crippen molar-refractivity contribution < 1.29 is 8.83 Å². The Hall–Kier alpha value is -7.04. The van der Waals surface area contributed by atoms with Gasteiger partial charge in [-0.15, -0.1) is 0 Å². The second-order valence-electron chi connectivity index (χ2n) is 13.7. The third kappa shape index (κ3) is 3.70. The van der Waals surface area contributed by atoms with Gasteiger partial charge in [-0.05, 0) is 72.3 Å². The van der Waals surface area contributed by atoms with Crippen molar-refractivity contribution in [1.82, 2.24) is 9.13 Å². The van der Waals surface area contributed by atoms with Crippen molar-refractivity contribution in [3.63, 3.8) is 0 Å². The molecule has 0 bridgehead atoms. The Morgan fingerprint density at radius 2 is 0.904 bits per heavy atom. The van der Waals surface area contributed by atoms with Gasteiger partial charge in [0.15, 0.2) is 0 Å². The maximum absolute atomic E-state index is 6.74.